The lowest BCUT2D eigenvalue weighted by molar-refractivity contribution is -0.112. The minimum atomic E-state index is -0.611. The van der Waals surface area contributed by atoms with E-state index in [9.17, 15) is 10.1 Å². The van der Waals surface area contributed by atoms with Crippen LogP contribution in [0.3, 0.4) is 0 Å². The third-order valence-electron chi connectivity index (χ3n) is 3.12. The molecule has 2 aromatic rings. The third kappa shape index (κ3) is 4.94. The fourth-order valence-electron chi connectivity index (χ4n) is 1.98. The number of hydrogen-bond donors (Lipinski definition) is 1. The fraction of sp³-hybridized carbons (Fsp3) is 0.0526. The molecule has 0 saturated heterocycles. The Labute approximate surface area is 165 Å². The molecule has 0 atom stereocenters. The Hall–Kier alpha value is -2.63. The molecule has 0 unspecified atom stereocenters. The van der Waals surface area contributed by atoms with Gasteiger partial charge in [-0.25, -0.2) is 0 Å². The number of terminal acetylenes is 1. The van der Waals surface area contributed by atoms with Crippen LogP contribution in [0.2, 0.25) is 15.1 Å². The molecule has 0 aromatic heterocycles. The van der Waals surface area contributed by atoms with Crippen molar-refractivity contribution >= 4 is 52.5 Å². The van der Waals surface area contributed by atoms with Crippen molar-refractivity contribution < 1.29 is 9.53 Å². The van der Waals surface area contributed by atoms with Crippen LogP contribution in [0.1, 0.15) is 5.56 Å². The first-order valence-corrected chi connectivity index (χ1v) is 8.32. The molecule has 0 radical (unpaired) electrons. The molecule has 0 spiro atoms. The lowest BCUT2D eigenvalue weighted by Crippen LogP contribution is -2.13. The average Bonchev–Trinajstić information content (AvgIpc) is 2.61. The summed E-state index contributed by atoms with van der Waals surface area (Å²) in [7, 11) is 0. The number of amides is 1. The molecule has 0 aliphatic heterocycles. The normalized spacial score (nSPS) is 10.6. The van der Waals surface area contributed by atoms with E-state index in [1.54, 1.807) is 24.3 Å². The Bertz CT molecular complexity index is 933. The van der Waals surface area contributed by atoms with Gasteiger partial charge in [0.05, 0.1) is 20.8 Å². The molecule has 2 rings (SSSR count). The van der Waals surface area contributed by atoms with Crippen molar-refractivity contribution in [2.45, 2.75) is 0 Å². The summed E-state index contributed by atoms with van der Waals surface area (Å²) in [6.45, 7) is 0.0122. The molecule has 0 fully saturated rings. The van der Waals surface area contributed by atoms with Crippen molar-refractivity contribution in [3.63, 3.8) is 0 Å². The van der Waals surface area contributed by atoms with Crippen molar-refractivity contribution in [1.82, 2.24) is 0 Å². The summed E-state index contributed by atoms with van der Waals surface area (Å²) in [6, 6.07) is 11.6. The number of nitrogens with one attached hydrogen (secondary N) is 1. The first-order valence-electron chi connectivity index (χ1n) is 7.19. The van der Waals surface area contributed by atoms with Crippen molar-refractivity contribution in [3.05, 3.63) is 62.6 Å². The third-order valence-corrected chi connectivity index (χ3v) is 4.01. The molecule has 1 N–H and O–H groups in total. The van der Waals surface area contributed by atoms with E-state index in [0.29, 0.717) is 16.3 Å². The Morgan fingerprint density at radius 2 is 1.85 bits per heavy atom. The smallest absolute Gasteiger partial charge is 0.266 e. The summed E-state index contributed by atoms with van der Waals surface area (Å²) < 4.78 is 5.26. The van der Waals surface area contributed by atoms with Crippen molar-refractivity contribution in [1.29, 1.82) is 5.26 Å². The van der Waals surface area contributed by atoms with E-state index in [1.165, 1.54) is 18.2 Å². The molecule has 2 aromatic carbocycles. The summed E-state index contributed by atoms with van der Waals surface area (Å²) in [5.74, 6) is 1.94. The number of hydrogen-bond acceptors (Lipinski definition) is 3. The van der Waals surface area contributed by atoms with Crippen LogP contribution in [0.4, 0.5) is 5.69 Å². The van der Waals surface area contributed by atoms with Crippen LogP contribution < -0.4 is 10.1 Å². The van der Waals surface area contributed by atoms with E-state index in [2.05, 4.69) is 11.2 Å². The van der Waals surface area contributed by atoms with Gasteiger partial charge in [-0.05, 0) is 35.9 Å². The highest BCUT2D eigenvalue weighted by atomic mass is 35.5. The molecule has 130 valence electrons. The standard InChI is InChI=1S/C19H11Cl3N2O2/c1-2-7-26-18-15(21)9-12(10-16(18)22)8-13(11-23)19(25)24-17-6-4-3-5-14(17)20/h1,3-6,8-10H,7H2,(H,24,25). The first-order chi connectivity index (χ1) is 12.5. The largest absolute Gasteiger partial charge is 0.478 e. The van der Waals surface area contributed by atoms with Gasteiger partial charge in [0, 0.05) is 0 Å². The highest BCUT2D eigenvalue weighted by Gasteiger charge is 2.13. The fourth-order valence-corrected chi connectivity index (χ4v) is 2.78. The van der Waals surface area contributed by atoms with E-state index < -0.39 is 5.91 Å². The van der Waals surface area contributed by atoms with Gasteiger partial charge in [0.2, 0.25) is 0 Å². The Morgan fingerprint density at radius 3 is 2.42 bits per heavy atom. The molecule has 0 saturated carbocycles. The Morgan fingerprint density at radius 1 is 1.19 bits per heavy atom. The average molecular weight is 406 g/mol. The minimum absolute atomic E-state index is 0.0122. The van der Waals surface area contributed by atoms with Crippen molar-refractivity contribution in [3.8, 4) is 24.2 Å². The van der Waals surface area contributed by atoms with E-state index in [1.807, 2.05) is 6.07 Å². The van der Waals surface area contributed by atoms with Crippen LogP contribution >= 0.6 is 34.8 Å². The number of anilines is 1. The van der Waals surface area contributed by atoms with Gasteiger partial charge in [-0.2, -0.15) is 5.26 Å². The molecule has 7 heteroatoms. The predicted molar refractivity (Wildman–Crippen MR) is 104 cm³/mol. The van der Waals surface area contributed by atoms with Gasteiger partial charge < -0.3 is 10.1 Å². The highest BCUT2D eigenvalue weighted by molar-refractivity contribution is 6.37. The van der Waals surface area contributed by atoms with Crippen molar-refractivity contribution in [2.75, 3.05) is 11.9 Å². The maximum absolute atomic E-state index is 12.3. The Kier molecular flexibility index (Phi) is 6.95. The maximum atomic E-state index is 12.3. The van der Waals surface area contributed by atoms with Crippen LogP contribution in [0, 0.1) is 23.7 Å². The monoisotopic (exact) mass is 404 g/mol. The quantitative estimate of drug-likeness (QED) is 0.422. The molecule has 0 aliphatic carbocycles. The first kappa shape index (κ1) is 19.7. The van der Waals surface area contributed by atoms with E-state index in [-0.39, 0.29) is 28.0 Å². The van der Waals surface area contributed by atoms with E-state index >= 15 is 0 Å². The van der Waals surface area contributed by atoms with Crippen molar-refractivity contribution in [2.24, 2.45) is 0 Å². The topological polar surface area (TPSA) is 62.1 Å². The van der Waals surface area contributed by atoms with Crippen LogP contribution in [-0.2, 0) is 4.79 Å². The zero-order valence-corrected chi connectivity index (χ0v) is 15.5. The van der Waals surface area contributed by atoms with Crippen LogP contribution in [0.15, 0.2) is 42.0 Å². The number of nitrogens with zero attached hydrogens (tertiary/aromatic N) is 1. The number of nitriles is 1. The minimum Gasteiger partial charge on any atom is -0.478 e. The summed E-state index contributed by atoms with van der Waals surface area (Å²) in [4.78, 5) is 12.3. The second kappa shape index (κ2) is 9.17. The molecule has 4 nitrogen and oxygen atoms in total. The number of rotatable bonds is 5. The summed E-state index contributed by atoms with van der Waals surface area (Å²) >= 11 is 18.2. The molecule has 0 aliphatic rings. The van der Waals surface area contributed by atoms with E-state index in [0.717, 1.165) is 0 Å². The number of ether oxygens (including phenoxy) is 1. The SMILES string of the molecule is C#CCOc1c(Cl)cc(C=C(C#N)C(=O)Nc2ccccc2Cl)cc1Cl. The number of carbonyl (C=O) groups excluding carboxylic acids is 1. The van der Waals surface area contributed by atoms with Crippen LogP contribution in [-0.4, -0.2) is 12.5 Å². The van der Waals surface area contributed by atoms with Gasteiger partial charge in [0.25, 0.3) is 5.91 Å². The number of para-hydroxylation sites is 1. The summed E-state index contributed by atoms with van der Waals surface area (Å²) in [5, 5.41) is 12.6. The summed E-state index contributed by atoms with van der Waals surface area (Å²) in [5.41, 5.74) is 0.711. The highest BCUT2D eigenvalue weighted by Crippen LogP contribution is 2.35. The second-order valence-corrected chi connectivity index (χ2v) is 6.13. The number of benzene rings is 2. The molecular formula is C19H11Cl3N2O2. The van der Waals surface area contributed by atoms with Gasteiger partial charge in [-0.1, -0.05) is 52.9 Å². The molecule has 1 amide bonds. The van der Waals surface area contributed by atoms with Crippen LogP contribution in [0.25, 0.3) is 6.08 Å². The van der Waals surface area contributed by atoms with Crippen LogP contribution in [0.5, 0.6) is 5.75 Å². The zero-order valence-electron chi connectivity index (χ0n) is 13.2. The molecule has 0 bridgehead atoms. The zero-order chi connectivity index (χ0) is 19.1. The summed E-state index contributed by atoms with van der Waals surface area (Å²) in [6.07, 6.45) is 6.49. The van der Waals surface area contributed by atoms with Gasteiger partial charge in [-0.3, -0.25) is 4.79 Å². The lowest BCUT2D eigenvalue weighted by atomic mass is 10.1. The molecular weight excluding hydrogens is 395 g/mol. The molecule has 0 heterocycles. The maximum Gasteiger partial charge on any atom is 0.266 e. The lowest BCUT2D eigenvalue weighted by Gasteiger charge is -2.09. The number of carbonyl (C=O) groups is 1. The van der Waals surface area contributed by atoms with Gasteiger partial charge in [0.1, 0.15) is 18.2 Å². The molecule has 26 heavy (non-hydrogen) atoms. The van der Waals surface area contributed by atoms with Gasteiger partial charge in [0.15, 0.2) is 5.75 Å². The van der Waals surface area contributed by atoms with E-state index in [4.69, 9.17) is 46.0 Å². The predicted octanol–water partition coefficient (Wildman–Crippen LogP) is 5.20. The second-order valence-electron chi connectivity index (χ2n) is 4.91. The van der Waals surface area contributed by atoms with Gasteiger partial charge in [-0.15, -0.1) is 6.42 Å². The Balaban J connectivity index is 2.28. The number of halogens is 3. The van der Waals surface area contributed by atoms with Gasteiger partial charge >= 0.3 is 0 Å².